The molecule has 0 unspecified atom stereocenters. The zero-order chi connectivity index (χ0) is 31.6. The minimum absolute atomic E-state index is 0. The van der Waals surface area contributed by atoms with E-state index in [0.717, 1.165) is 44.5 Å². The summed E-state index contributed by atoms with van der Waals surface area (Å²) in [4.78, 5) is 9.19. The molecule has 0 aliphatic heterocycles. The summed E-state index contributed by atoms with van der Waals surface area (Å²) in [7, 11) is -1.24. The molecule has 0 atom stereocenters. The molecule has 1 radical (unpaired) electrons. The molecule has 0 aliphatic carbocycles. The molecule has 0 aliphatic rings. The number of nitrogens with zero attached hydrogens (tertiary/aromatic N) is 2. The first-order valence-electron chi connectivity index (χ1n) is 15.4. The Kier molecular flexibility index (Phi) is 9.88. The van der Waals surface area contributed by atoms with Crippen molar-refractivity contribution >= 4 is 35.2 Å². The van der Waals surface area contributed by atoms with Crippen LogP contribution in [0.25, 0.3) is 44.5 Å². The van der Waals surface area contributed by atoms with Gasteiger partial charge >= 0.3 is 0 Å². The van der Waals surface area contributed by atoms with Gasteiger partial charge in [0, 0.05) is 43.3 Å². The Morgan fingerprint density at radius 2 is 1.48 bits per heavy atom. The van der Waals surface area contributed by atoms with Gasteiger partial charge in [-0.15, -0.1) is 53.6 Å². The number of benzene rings is 4. The number of hydrogen-bond donors (Lipinski definition) is 0. The van der Waals surface area contributed by atoms with Crippen molar-refractivity contribution in [3.8, 4) is 22.5 Å². The molecule has 0 fully saturated rings. The van der Waals surface area contributed by atoms with E-state index in [9.17, 15) is 0 Å². The van der Waals surface area contributed by atoms with Crippen LogP contribution in [-0.4, -0.2) is 18.0 Å². The smallest absolute Gasteiger partial charge is 0.120 e. The van der Waals surface area contributed by atoms with Crippen molar-refractivity contribution in [1.82, 2.24) is 9.97 Å². The van der Waals surface area contributed by atoms with Gasteiger partial charge in [-0.1, -0.05) is 118 Å². The molecule has 0 saturated carbocycles. The van der Waals surface area contributed by atoms with Crippen LogP contribution < -0.4 is 5.19 Å². The zero-order valence-electron chi connectivity index (χ0n) is 27.2. The summed E-state index contributed by atoms with van der Waals surface area (Å²) in [5.41, 5.74) is 9.18. The number of fused-ring (bicyclic) bond motifs is 3. The number of rotatable bonds is 5. The van der Waals surface area contributed by atoms with Gasteiger partial charge in [0.25, 0.3) is 0 Å². The van der Waals surface area contributed by atoms with Crippen LogP contribution in [0, 0.1) is 19.1 Å². The van der Waals surface area contributed by atoms with E-state index in [4.69, 9.17) is 4.42 Å². The predicted molar refractivity (Wildman–Crippen MR) is 191 cm³/mol. The maximum Gasteiger partial charge on any atom is 0.120 e. The van der Waals surface area contributed by atoms with Gasteiger partial charge in [0.15, 0.2) is 0 Å². The molecule has 0 saturated heterocycles. The molecule has 3 aromatic heterocycles. The van der Waals surface area contributed by atoms with Crippen LogP contribution in [0.5, 0.6) is 0 Å². The van der Waals surface area contributed by atoms with Gasteiger partial charge in [-0.3, -0.25) is 0 Å². The Bertz CT molecular complexity index is 2060. The average molecular weight is 795 g/mol. The van der Waals surface area contributed by atoms with Crippen LogP contribution >= 0.6 is 0 Å². The molecular formula is C41H38IrN2OSi-2. The number of furan rings is 1. The number of para-hydroxylation sites is 1. The van der Waals surface area contributed by atoms with E-state index < -0.39 is 8.07 Å². The third-order valence-electron chi connectivity index (χ3n) is 8.45. The van der Waals surface area contributed by atoms with E-state index in [1.807, 2.05) is 42.7 Å². The molecule has 4 aromatic carbocycles. The summed E-state index contributed by atoms with van der Waals surface area (Å²) in [5, 5.41) is 3.61. The fourth-order valence-corrected chi connectivity index (χ4v) is 6.55. The van der Waals surface area contributed by atoms with Gasteiger partial charge in [0.05, 0.1) is 13.7 Å². The maximum absolute atomic E-state index is 6.18. The predicted octanol–water partition coefficient (Wildman–Crippen LogP) is 10.2. The van der Waals surface area contributed by atoms with Crippen LogP contribution in [0.3, 0.4) is 0 Å². The average Bonchev–Trinajstić information content (AvgIpc) is 3.45. The van der Waals surface area contributed by atoms with E-state index in [2.05, 4.69) is 141 Å². The SMILES string of the molecule is CC(C)(c1ccccc1)c1ccnc(-c2[c-]ccc3c2oc2ccccc23)c1.Cc1c[c-]c(-c2ccc([Si](C)(C)C)cn2)cc1.[Ir]. The monoisotopic (exact) mass is 795 g/mol. The van der Waals surface area contributed by atoms with Gasteiger partial charge in [-0.25, -0.2) is 0 Å². The quantitative estimate of drug-likeness (QED) is 0.129. The Balaban J connectivity index is 0.000000200. The molecular weight excluding hydrogens is 757 g/mol. The van der Waals surface area contributed by atoms with Gasteiger partial charge in [-0.2, -0.15) is 0 Å². The van der Waals surface area contributed by atoms with Crippen molar-refractivity contribution in [3.63, 3.8) is 0 Å². The van der Waals surface area contributed by atoms with Crippen molar-refractivity contribution < 1.29 is 24.5 Å². The first-order valence-corrected chi connectivity index (χ1v) is 18.9. The topological polar surface area (TPSA) is 38.9 Å². The number of pyridine rings is 2. The van der Waals surface area contributed by atoms with Crippen LogP contribution in [0.1, 0.15) is 30.5 Å². The molecule has 3 heterocycles. The Morgan fingerprint density at radius 1 is 0.717 bits per heavy atom. The fourth-order valence-electron chi connectivity index (χ4n) is 5.52. The van der Waals surface area contributed by atoms with Gasteiger partial charge in [-0.05, 0) is 39.8 Å². The Labute approximate surface area is 287 Å². The van der Waals surface area contributed by atoms with Crippen molar-refractivity contribution in [3.05, 3.63) is 150 Å². The first kappa shape index (κ1) is 33.2. The minimum atomic E-state index is -1.24. The fraction of sp³-hybridized carbons (Fsp3) is 0.171. The molecule has 0 N–H and O–H groups in total. The molecule has 5 heteroatoms. The summed E-state index contributed by atoms with van der Waals surface area (Å²) in [6, 6.07) is 44.1. The van der Waals surface area contributed by atoms with Gasteiger partial charge < -0.3 is 14.4 Å². The molecule has 0 amide bonds. The van der Waals surface area contributed by atoms with Crippen molar-refractivity contribution in [2.75, 3.05) is 0 Å². The van der Waals surface area contributed by atoms with E-state index >= 15 is 0 Å². The Hall–Kier alpha value is -4.15. The third-order valence-corrected chi connectivity index (χ3v) is 10.5. The molecule has 7 rings (SSSR count). The normalized spacial score (nSPS) is 11.5. The van der Waals surface area contributed by atoms with Crippen LogP contribution in [0.15, 0.2) is 126 Å². The van der Waals surface area contributed by atoms with Crippen LogP contribution in [0.4, 0.5) is 0 Å². The molecule has 7 aromatic rings. The summed E-state index contributed by atoms with van der Waals surface area (Å²) in [6.07, 6.45) is 3.90. The zero-order valence-corrected chi connectivity index (χ0v) is 30.6. The minimum Gasteiger partial charge on any atom is -0.501 e. The summed E-state index contributed by atoms with van der Waals surface area (Å²) < 4.78 is 6.18. The van der Waals surface area contributed by atoms with Crippen LogP contribution in [0.2, 0.25) is 19.6 Å². The molecule has 233 valence electrons. The van der Waals surface area contributed by atoms with E-state index in [0.29, 0.717) is 0 Å². The molecule has 3 nitrogen and oxygen atoms in total. The number of aryl methyl sites for hydroxylation is 1. The van der Waals surface area contributed by atoms with Gasteiger partial charge in [0.2, 0.25) is 0 Å². The summed E-state index contributed by atoms with van der Waals surface area (Å²) in [5.74, 6) is 0. The van der Waals surface area contributed by atoms with Crippen molar-refractivity contribution in [2.45, 2.75) is 45.8 Å². The second kappa shape index (κ2) is 13.7. The van der Waals surface area contributed by atoms with Crippen LogP contribution in [-0.2, 0) is 25.5 Å². The third kappa shape index (κ3) is 6.98. The second-order valence-corrected chi connectivity index (χ2v) is 18.2. The molecule has 46 heavy (non-hydrogen) atoms. The largest absolute Gasteiger partial charge is 0.501 e. The maximum atomic E-state index is 6.18. The van der Waals surface area contributed by atoms with Crippen molar-refractivity contribution in [1.29, 1.82) is 0 Å². The first-order chi connectivity index (χ1) is 21.6. The standard InChI is InChI=1S/C26H20NO.C15H18NSi.Ir/c1-26(2,18-9-4-3-5-10-18)19-15-16-27-23(17-19)22-13-8-12-21-20-11-6-7-14-24(20)28-25(21)22;1-12-5-7-13(8-6-12)15-10-9-14(11-16-15)17(2,3)4;/h3-12,14-17H,1-2H3;5-7,9-11H,1-4H3;/q2*-1;. The number of aromatic nitrogens is 2. The molecule has 0 spiro atoms. The van der Waals surface area contributed by atoms with E-state index in [1.54, 1.807) is 0 Å². The van der Waals surface area contributed by atoms with E-state index in [1.165, 1.54) is 21.9 Å². The number of hydrogen-bond acceptors (Lipinski definition) is 3. The molecule has 0 bridgehead atoms. The Morgan fingerprint density at radius 3 is 2.17 bits per heavy atom. The summed E-state index contributed by atoms with van der Waals surface area (Å²) in [6.45, 7) is 13.6. The van der Waals surface area contributed by atoms with E-state index in [-0.39, 0.29) is 25.5 Å². The van der Waals surface area contributed by atoms with Crippen molar-refractivity contribution in [2.24, 2.45) is 0 Å². The second-order valence-electron chi connectivity index (χ2n) is 13.1. The summed E-state index contributed by atoms with van der Waals surface area (Å²) >= 11 is 0. The van der Waals surface area contributed by atoms with Gasteiger partial charge in [0.1, 0.15) is 5.58 Å².